The molecule has 3 rings (SSSR count). The molecule has 2 heterocycles. The van der Waals surface area contributed by atoms with Crippen LogP contribution in [0, 0.1) is 5.92 Å². The minimum Gasteiger partial charge on any atom is -0.481 e. The van der Waals surface area contributed by atoms with Crippen molar-refractivity contribution in [1.29, 1.82) is 0 Å². The number of carbonyl (C=O) groups excluding carboxylic acids is 1. The Balaban J connectivity index is 1.84. The highest BCUT2D eigenvalue weighted by Crippen LogP contribution is 2.20. The predicted molar refractivity (Wildman–Crippen MR) is 73.4 cm³/mol. The van der Waals surface area contributed by atoms with Gasteiger partial charge in [-0.15, -0.1) is 0 Å². The number of carboxylic acids is 1. The zero-order valence-electron chi connectivity index (χ0n) is 10.8. The Morgan fingerprint density at radius 1 is 1.30 bits per heavy atom. The number of benzene rings is 1. The number of nitrogens with zero attached hydrogens (tertiary/aromatic N) is 2. The van der Waals surface area contributed by atoms with Crippen molar-refractivity contribution in [2.75, 3.05) is 13.1 Å². The molecule has 102 valence electrons. The summed E-state index contributed by atoms with van der Waals surface area (Å²) in [7, 11) is 0. The summed E-state index contributed by atoms with van der Waals surface area (Å²) in [5.74, 6) is -1.39. The van der Waals surface area contributed by atoms with Gasteiger partial charge in [0.05, 0.1) is 11.4 Å². The van der Waals surface area contributed by atoms with Crippen LogP contribution in [0.1, 0.15) is 16.8 Å². The molecule has 1 saturated heterocycles. The number of carboxylic acid groups (broad SMARTS) is 1. The first-order chi connectivity index (χ1) is 9.65. The molecule has 1 N–H and O–H groups in total. The lowest BCUT2D eigenvalue weighted by molar-refractivity contribution is -0.141. The topological polar surface area (TPSA) is 70.5 Å². The van der Waals surface area contributed by atoms with Crippen LogP contribution in [0.2, 0.25) is 0 Å². The van der Waals surface area contributed by atoms with Gasteiger partial charge in [0.15, 0.2) is 0 Å². The standard InChI is InChI=1S/C15H14N2O3/c18-14(17-7-5-12(9-17)15(19)20)11-3-4-13-10(8-11)2-1-6-16-13/h1-4,6,8,12H,5,7,9H2,(H,19,20)/t12-/m0/s1. The Kier molecular flexibility index (Phi) is 3.10. The van der Waals surface area contributed by atoms with Gasteiger partial charge in [0.25, 0.3) is 5.91 Å². The van der Waals surface area contributed by atoms with Gasteiger partial charge in [-0.3, -0.25) is 14.6 Å². The number of fused-ring (bicyclic) bond motifs is 1. The van der Waals surface area contributed by atoms with Crippen molar-refractivity contribution in [3.63, 3.8) is 0 Å². The maximum absolute atomic E-state index is 12.4. The zero-order chi connectivity index (χ0) is 14.1. The van der Waals surface area contributed by atoms with Gasteiger partial charge in [0, 0.05) is 30.2 Å². The first-order valence-electron chi connectivity index (χ1n) is 6.52. The Morgan fingerprint density at radius 3 is 2.90 bits per heavy atom. The van der Waals surface area contributed by atoms with Gasteiger partial charge in [-0.2, -0.15) is 0 Å². The SMILES string of the molecule is O=C(O)[C@H]1CCN(C(=O)c2ccc3ncccc3c2)C1. The Labute approximate surface area is 115 Å². The number of rotatable bonds is 2. The molecule has 0 saturated carbocycles. The van der Waals surface area contributed by atoms with Crippen LogP contribution < -0.4 is 0 Å². The third kappa shape index (κ3) is 2.22. The van der Waals surface area contributed by atoms with Gasteiger partial charge in [-0.1, -0.05) is 6.07 Å². The lowest BCUT2D eigenvalue weighted by Gasteiger charge is -2.16. The van der Waals surface area contributed by atoms with E-state index < -0.39 is 11.9 Å². The monoisotopic (exact) mass is 270 g/mol. The summed E-state index contributed by atoms with van der Waals surface area (Å²) in [6.45, 7) is 0.792. The fourth-order valence-corrected chi connectivity index (χ4v) is 2.54. The van der Waals surface area contributed by atoms with Crippen LogP contribution in [0.5, 0.6) is 0 Å². The number of pyridine rings is 1. The van der Waals surface area contributed by atoms with Gasteiger partial charge < -0.3 is 10.0 Å². The van der Waals surface area contributed by atoms with Crippen molar-refractivity contribution in [1.82, 2.24) is 9.88 Å². The summed E-state index contributed by atoms with van der Waals surface area (Å²) in [6.07, 6.45) is 2.23. The van der Waals surface area contributed by atoms with Crippen LogP contribution in [-0.4, -0.2) is 40.0 Å². The lowest BCUT2D eigenvalue weighted by atomic mass is 10.1. The number of carbonyl (C=O) groups is 2. The Morgan fingerprint density at radius 2 is 2.15 bits per heavy atom. The molecule has 0 unspecified atom stereocenters. The molecule has 1 aliphatic rings. The van der Waals surface area contributed by atoms with Crippen LogP contribution in [0.25, 0.3) is 10.9 Å². The van der Waals surface area contributed by atoms with Gasteiger partial charge in [-0.05, 0) is 30.7 Å². The second-order valence-electron chi connectivity index (χ2n) is 4.99. The summed E-state index contributed by atoms with van der Waals surface area (Å²) in [6, 6.07) is 9.09. The largest absolute Gasteiger partial charge is 0.481 e. The average Bonchev–Trinajstić information content (AvgIpc) is 2.96. The highest BCUT2D eigenvalue weighted by atomic mass is 16.4. The van der Waals surface area contributed by atoms with Crippen molar-refractivity contribution < 1.29 is 14.7 Å². The van der Waals surface area contributed by atoms with E-state index in [1.54, 1.807) is 23.2 Å². The molecular weight excluding hydrogens is 256 g/mol. The first kappa shape index (κ1) is 12.6. The fourth-order valence-electron chi connectivity index (χ4n) is 2.54. The summed E-state index contributed by atoms with van der Waals surface area (Å²) in [4.78, 5) is 29.1. The summed E-state index contributed by atoms with van der Waals surface area (Å²) < 4.78 is 0. The smallest absolute Gasteiger partial charge is 0.308 e. The molecule has 20 heavy (non-hydrogen) atoms. The summed E-state index contributed by atoms with van der Waals surface area (Å²) in [5, 5.41) is 9.89. The van der Waals surface area contributed by atoms with Crippen molar-refractivity contribution >= 4 is 22.8 Å². The highest BCUT2D eigenvalue weighted by molar-refractivity contribution is 5.98. The minimum absolute atomic E-state index is 0.112. The third-order valence-corrected chi connectivity index (χ3v) is 3.67. The van der Waals surface area contributed by atoms with Crippen LogP contribution in [-0.2, 0) is 4.79 Å². The molecule has 5 heteroatoms. The molecule has 0 spiro atoms. The number of amides is 1. The van der Waals surface area contributed by atoms with Crippen LogP contribution in [0.3, 0.4) is 0 Å². The molecular formula is C15H14N2O3. The Hall–Kier alpha value is -2.43. The van der Waals surface area contributed by atoms with Crippen LogP contribution in [0.4, 0.5) is 0 Å². The summed E-state index contributed by atoms with van der Waals surface area (Å²) >= 11 is 0. The number of hydrogen-bond acceptors (Lipinski definition) is 3. The fraction of sp³-hybridized carbons (Fsp3) is 0.267. The van der Waals surface area contributed by atoms with Crippen LogP contribution in [0.15, 0.2) is 36.5 Å². The third-order valence-electron chi connectivity index (χ3n) is 3.67. The molecule has 5 nitrogen and oxygen atoms in total. The minimum atomic E-state index is -0.831. The molecule has 0 bridgehead atoms. The van der Waals surface area contributed by atoms with Gasteiger partial charge in [0.1, 0.15) is 0 Å². The molecule has 2 aromatic rings. The molecule has 0 aliphatic carbocycles. The number of aliphatic carboxylic acids is 1. The quantitative estimate of drug-likeness (QED) is 0.903. The molecule has 1 aromatic carbocycles. The number of likely N-dealkylation sites (tertiary alicyclic amines) is 1. The van der Waals surface area contributed by atoms with Gasteiger partial charge in [-0.25, -0.2) is 0 Å². The van der Waals surface area contributed by atoms with Crippen LogP contribution >= 0.6 is 0 Å². The average molecular weight is 270 g/mol. The van der Waals surface area contributed by atoms with Gasteiger partial charge in [0.2, 0.25) is 0 Å². The zero-order valence-corrected chi connectivity index (χ0v) is 10.8. The second-order valence-corrected chi connectivity index (χ2v) is 4.99. The normalized spacial score (nSPS) is 18.4. The van der Waals surface area contributed by atoms with E-state index in [1.165, 1.54) is 0 Å². The second kappa shape index (κ2) is 4.92. The number of hydrogen-bond donors (Lipinski definition) is 1. The van der Waals surface area contributed by atoms with Gasteiger partial charge >= 0.3 is 5.97 Å². The van der Waals surface area contributed by atoms with E-state index in [1.807, 2.05) is 18.2 Å². The maximum Gasteiger partial charge on any atom is 0.308 e. The predicted octanol–water partition coefficient (Wildman–Crippen LogP) is 1.78. The number of aromatic nitrogens is 1. The van der Waals surface area contributed by atoms with E-state index in [0.717, 1.165) is 10.9 Å². The van der Waals surface area contributed by atoms with Crippen molar-refractivity contribution in [2.45, 2.75) is 6.42 Å². The summed E-state index contributed by atoms with van der Waals surface area (Å²) in [5.41, 5.74) is 1.42. The van der Waals surface area contributed by atoms with E-state index in [2.05, 4.69) is 4.98 Å². The first-order valence-corrected chi connectivity index (χ1v) is 6.52. The van der Waals surface area contributed by atoms with Crippen molar-refractivity contribution in [3.05, 3.63) is 42.1 Å². The molecule has 1 aromatic heterocycles. The van der Waals surface area contributed by atoms with E-state index in [0.29, 0.717) is 25.1 Å². The molecule has 0 radical (unpaired) electrons. The molecule has 1 atom stereocenters. The maximum atomic E-state index is 12.4. The van der Waals surface area contributed by atoms with E-state index in [9.17, 15) is 9.59 Å². The molecule has 1 aliphatic heterocycles. The van der Waals surface area contributed by atoms with Crippen molar-refractivity contribution in [3.8, 4) is 0 Å². The van der Waals surface area contributed by atoms with E-state index in [4.69, 9.17) is 5.11 Å². The van der Waals surface area contributed by atoms with E-state index in [-0.39, 0.29) is 5.91 Å². The highest BCUT2D eigenvalue weighted by Gasteiger charge is 2.31. The Bertz CT molecular complexity index is 684. The molecule has 1 amide bonds. The lowest BCUT2D eigenvalue weighted by Crippen LogP contribution is -2.29. The molecule has 1 fully saturated rings. The van der Waals surface area contributed by atoms with Crippen molar-refractivity contribution in [2.24, 2.45) is 5.92 Å². The van der Waals surface area contributed by atoms with E-state index >= 15 is 0 Å².